The van der Waals surface area contributed by atoms with Gasteiger partial charge in [-0.1, -0.05) is 29.3 Å². The molecule has 0 amide bonds. The van der Waals surface area contributed by atoms with Crippen LogP contribution in [0.1, 0.15) is 5.82 Å². The van der Waals surface area contributed by atoms with Crippen LogP contribution in [-0.2, 0) is 6.54 Å². The van der Waals surface area contributed by atoms with E-state index in [4.69, 9.17) is 27.9 Å². The van der Waals surface area contributed by atoms with Crippen LogP contribution < -0.4 is 4.74 Å². The van der Waals surface area contributed by atoms with E-state index in [2.05, 4.69) is 32.1 Å². The second-order valence-corrected chi connectivity index (χ2v) is 9.05. The lowest BCUT2D eigenvalue weighted by Crippen LogP contribution is -2.21. The molecule has 0 spiro atoms. The summed E-state index contributed by atoms with van der Waals surface area (Å²) < 4.78 is 9.31. The molecule has 2 aromatic carbocycles. The smallest absolute Gasteiger partial charge is 0.119 e. The van der Waals surface area contributed by atoms with E-state index in [0.717, 1.165) is 23.0 Å². The van der Waals surface area contributed by atoms with Gasteiger partial charge in [-0.2, -0.15) is 0 Å². The number of aromatic nitrogens is 2. The lowest BCUT2D eigenvalue weighted by atomic mass is 10.3. The van der Waals surface area contributed by atoms with E-state index in [1.807, 2.05) is 55.6 Å². The fourth-order valence-corrected chi connectivity index (χ4v) is 4.51. The van der Waals surface area contributed by atoms with Crippen molar-refractivity contribution < 1.29 is 4.74 Å². The van der Waals surface area contributed by atoms with Crippen LogP contribution in [0.3, 0.4) is 0 Å². The van der Waals surface area contributed by atoms with Gasteiger partial charge in [-0.25, -0.2) is 4.98 Å². The van der Waals surface area contributed by atoms with Crippen molar-refractivity contribution in [3.63, 3.8) is 0 Å². The third-order valence-corrected chi connectivity index (χ3v) is 6.64. The van der Waals surface area contributed by atoms with Gasteiger partial charge in [0.15, 0.2) is 0 Å². The molecule has 3 rings (SSSR count). The van der Waals surface area contributed by atoms with Gasteiger partial charge in [0.2, 0.25) is 0 Å². The van der Waals surface area contributed by atoms with Crippen molar-refractivity contribution in [1.82, 2.24) is 9.55 Å². The largest absolute Gasteiger partial charge is 0.492 e. The molecule has 0 bridgehead atoms. The van der Waals surface area contributed by atoms with E-state index in [0.29, 0.717) is 16.7 Å². The molecule has 136 valence electrons. The molecule has 3 nitrogen and oxygen atoms in total. The zero-order valence-corrected chi connectivity index (χ0v) is 18.5. The molecule has 0 saturated heterocycles. The van der Waals surface area contributed by atoms with Gasteiger partial charge in [-0.05, 0) is 65.9 Å². The van der Waals surface area contributed by atoms with Crippen molar-refractivity contribution in [1.29, 1.82) is 0 Å². The molecule has 0 aliphatic heterocycles. The van der Waals surface area contributed by atoms with Gasteiger partial charge in [-0.15, -0.1) is 11.8 Å². The minimum atomic E-state index is 0.125. The Hall–Kier alpha value is -0.890. The van der Waals surface area contributed by atoms with Crippen LogP contribution in [0.2, 0.25) is 10.0 Å². The molecule has 0 radical (unpaired) electrons. The van der Waals surface area contributed by atoms with Gasteiger partial charge < -0.3 is 9.30 Å². The zero-order valence-electron chi connectivity index (χ0n) is 14.0. The first kappa shape index (κ1) is 19.9. The Labute approximate surface area is 181 Å². The molecule has 0 aliphatic rings. The highest BCUT2D eigenvalue weighted by Crippen LogP contribution is 2.37. The number of rotatable bonds is 7. The monoisotopic (exact) mass is 518 g/mol. The molecule has 26 heavy (non-hydrogen) atoms. The molecular formula is C19H17Cl2IN2OS. The van der Waals surface area contributed by atoms with Gasteiger partial charge in [0.05, 0.1) is 15.3 Å². The van der Waals surface area contributed by atoms with Gasteiger partial charge in [-0.3, -0.25) is 0 Å². The number of ether oxygens (including phenoxy) is 1. The number of aryl methyl sites for hydroxylation is 1. The first-order valence-corrected chi connectivity index (χ1v) is 10.7. The normalized spacial score (nSPS) is 12.2. The highest BCUT2D eigenvalue weighted by atomic mass is 127. The van der Waals surface area contributed by atoms with Crippen LogP contribution in [0, 0.1) is 10.5 Å². The van der Waals surface area contributed by atoms with E-state index in [9.17, 15) is 0 Å². The van der Waals surface area contributed by atoms with Crippen LogP contribution in [0.25, 0.3) is 0 Å². The highest BCUT2D eigenvalue weighted by molar-refractivity contribution is 14.1. The minimum absolute atomic E-state index is 0.125. The summed E-state index contributed by atoms with van der Waals surface area (Å²) in [6, 6.07) is 13.6. The Kier molecular flexibility index (Phi) is 7.14. The maximum absolute atomic E-state index is 6.36. The van der Waals surface area contributed by atoms with E-state index in [-0.39, 0.29) is 5.25 Å². The molecule has 0 fully saturated rings. The average Bonchev–Trinajstić information content (AvgIpc) is 3.02. The number of halogens is 3. The Morgan fingerprint density at radius 1 is 1.15 bits per heavy atom. The number of benzene rings is 2. The predicted molar refractivity (Wildman–Crippen MR) is 118 cm³/mol. The standard InChI is InChI=1S/C19H17Cl2IN2OS/c1-13-23-9-10-24(13)11-16(12-25-15-7-5-14(22)6-8-15)26-19-17(20)3-2-4-18(19)21/h2-10,16H,11-12H2,1H3. The molecule has 0 saturated carbocycles. The van der Waals surface area contributed by atoms with Crippen molar-refractivity contribution >= 4 is 57.6 Å². The molecule has 3 aromatic rings. The zero-order chi connectivity index (χ0) is 18.5. The van der Waals surface area contributed by atoms with Gasteiger partial charge in [0.25, 0.3) is 0 Å². The van der Waals surface area contributed by atoms with Gasteiger partial charge in [0, 0.05) is 27.4 Å². The highest BCUT2D eigenvalue weighted by Gasteiger charge is 2.17. The molecule has 0 N–H and O–H groups in total. The summed E-state index contributed by atoms with van der Waals surface area (Å²) in [5.74, 6) is 1.82. The number of imidazole rings is 1. The summed E-state index contributed by atoms with van der Waals surface area (Å²) in [6.45, 7) is 3.27. The van der Waals surface area contributed by atoms with Crippen molar-refractivity contribution in [3.8, 4) is 5.75 Å². The second kappa shape index (κ2) is 9.35. The predicted octanol–water partition coefficient (Wildman–Crippen LogP) is 6.34. The van der Waals surface area contributed by atoms with Crippen molar-refractivity contribution in [2.24, 2.45) is 0 Å². The Morgan fingerprint density at radius 3 is 2.46 bits per heavy atom. The maximum Gasteiger partial charge on any atom is 0.119 e. The van der Waals surface area contributed by atoms with Gasteiger partial charge >= 0.3 is 0 Å². The summed E-state index contributed by atoms with van der Waals surface area (Å²) in [7, 11) is 0. The van der Waals surface area contributed by atoms with Crippen LogP contribution in [0.15, 0.2) is 59.8 Å². The number of hydrogen-bond donors (Lipinski definition) is 0. The summed E-state index contributed by atoms with van der Waals surface area (Å²) in [5.41, 5.74) is 0. The minimum Gasteiger partial charge on any atom is -0.492 e. The third-order valence-electron chi connectivity index (χ3n) is 3.78. The van der Waals surface area contributed by atoms with Crippen LogP contribution >= 0.6 is 57.6 Å². The Bertz CT molecular complexity index is 850. The summed E-state index contributed by atoms with van der Waals surface area (Å²) in [4.78, 5) is 5.18. The van der Waals surface area contributed by atoms with E-state index >= 15 is 0 Å². The summed E-state index contributed by atoms with van der Waals surface area (Å²) in [5, 5.41) is 1.44. The summed E-state index contributed by atoms with van der Waals surface area (Å²) in [6.07, 6.45) is 3.78. The first-order valence-electron chi connectivity index (χ1n) is 7.99. The van der Waals surface area contributed by atoms with Crippen LogP contribution in [0.4, 0.5) is 0 Å². The second-order valence-electron chi connectivity index (χ2n) is 5.68. The van der Waals surface area contributed by atoms with E-state index in [1.165, 1.54) is 3.57 Å². The van der Waals surface area contributed by atoms with Crippen molar-refractivity contribution in [2.45, 2.75) is 23.6 Å². The Balaban J connectivity index is 1.77. The molecule has 7 heteroatoms. The third kappa shape index (κ3) is 5.31. The van der Waals surface area contributed by atoms with E-state index in [1.54, 1.807) is 18.0 Å². The van der Waals surface area contributed by atoms with Crippen molar-refractivity contribution in [2.75, 3.05) is 6.61 Å². The van der Waals surface area contributed by atoms with Crippen LogP contribution in [0.5, 0.6) is 5.75 Å². The lowest BCUT2D eigenvalue weighted by Gasteiger charge is -2.20. The lowest BCUT2D eigenvalue weighted by molar-refractivity contribution is 0.307. The SMILES string of the molecule is Cc1nccn1CC(COc1ccc(I)cc1)Sc1c(Cl)cccc1Cl. The fourth-order valence-electron chi connectivity index (χ4n) is 2.42. The van der Waals surface area contributed by atoms with Crippen molar-refractivity contribution in [3.05, 3.63) is 74.3 Å². The molecule has 1 unspecified atom stereocenters. The number of thioether (sulfide) groups is 1. The first-order chi connectivity index (χ1) is 12.5. The molecule has 1 heterocycles. The number of hydrogen-bond acceptors (Lipinski definition) is 3. The summed E-state index contributed by atoms with van der Waals surface area (Å²) >= 11 is 16.6. The topological polar surface area (TPSA) is 27.1 Å². The fraction of sp³-hybridized carbons (Fsp3) is 0.211. The van der Waals surface area contributed by atoms with E-state index < -0.39 is 0 Å². The molecule has 1 aromatic heterocycles. The molecule has 1 atom stereocenters. The maximum atomic E-state index is 6.36. The molecular weight excluding hydrogens is 502 g/mol. The molecule has 0 aliphatic carbocycles. The van der Waals surface area contributed by atoms with Crippen LogP contribution in [-0.4, -0.2) is 21.4 Å². The quantitative estimate of drug-likeness (QED) is 0.269. The van der Waals surface area contributed by atoms with Gasteiger partial charge in [0.1, 0.15) is 18.2 Å². The average molecular weight is 519 g/mol. The number of nitrogens with zero attached hydrogens (tertiary/aromatic N) is 2. The Morgan fingerprint density at radius 2 is 1.85 bits per heavy atom.